The average Bonchev–Trinajstić information content (AvgIpc) is 2.29. The molecule has 1 fully saturated rings. The van der Waals surface area contributed by atoms with E-state index in [2.05, 4.69) is 56.4 Å². The number of piperidine rings is 1. The van der Waals surface area contributed by atoms with E-state index >= 15 is 0 Å². The summed E-state index contributed by atoms with van der Waals surface area (Å²) in [6.07, 6.45) is 5.15. The third-order valence-electron chi connectivity index (χ3n) is 3.65. The quantitative estimate of drug-likeness (QED) is 0.808. The van der Waals surface area contributed by atoms with Crippen molar-refractivity contribution in [2.24, 2.45) is 5.41 Å². The number of hydrogen-bond donors (Lipinski definition) is 1. The molecule has 0 spiro atoms. The Morgan fingerprint density at radius 1 is 1.12 bits per heavy atom. The first-order chi connectivity index (χ1) is 8.02. The van der Waals surface area contributed by atoms with Gasteiger partial charge < -0.3 is 5.32 Å². The minimum Gasteiger partial charge on any atom is -0.307 e. The molecule has 1 N–H and O–H groups in total. The molecule has 0 bridgehead atoms. The van der Waals surface area contributed by atoms with Gasteiger partial charge in [0.2, 0.25) is 0 Å². The molecule has 94 valence electrons. The molecule has 1 saturated heterocycles. The molecule has 1 atom stereocenters. The Morgan fingerprint density at radius 3 is 2.35 bits per heavy atom. The monoisotopic (exact) mass is 231 g/mol. The molecule has 1 unspecified atom stereocenters. The maximum Gasteiger partial charge on any atom is 0.0439 e. The van der Waals surface area contributed by atoms with Crippen LogP contribution in [0.4, 0.5) is 0 Å². The molecule has 1 aliphatic rings. The summed E-state index contributed by atoms with van der Waals surface area (Å²) in [5.74, 6) is 0. The molecule has 2 rings (SSSR count). The lowest BCUT2D eigenvalue weighted by Crippen LogP contribution is -2.48. The van der Waals surface area contributed by atoms with Gasteiger partial charge in [-0.1, -0.05) is 57.5 Å². The van der Waals surface area contributed by atoms with Crippen molar-refractivity contribution in [3.05, 3.63) is 35.9 Å². The van der Waals surface area contributed by atoms with Crippen molar-refractivity contribution < 1.29 is 0 Å². The SMILES string of the molecule is CC(C)(C)CC1(c2ccccc2)CCCCN1. The Morgan fingerprint density at radius 2 is 1.82 bits per heavy atom. The first-order valence-electron chi connectivity index (χ1n) is 6.82. The number of hydrogen-bond acceptors (Lipinski definition) is 1. The topological polar surface area (TPSA) is 12.0 Å². The second kappa shape index (κ2) is 4.81. The molecular formula is C16H25N. The lowest BCUT2D eigenvalue weighted by Gasteiger charge is -2.43. The predicted octanol–water partition coefficient (Wildman–Crippen LogP) is 4.09. The van der Waals surface area contributed by atoms with E-state index in [9.17, 15) is 0 Å². The summed E-state index contributed by atoms with van der Waals surface area (Å²) >= 11 is 0. The molecule has 0 radical (unpaired) electrons. The summed E-state index contributed by atoms with van der Waals surface area (Å²) < 4.78 is 0. The van der Waals surface area contributed by atoms with Gasteiger partial charge in [0.15, 0.2) is 0 Å². The van der Waals surface area contributed by atoms with E-state index in [1.807, 2.05) is 0 Å². The Hall–Kier alpha value is -0.820. The maximum absolute atomic E-state index is 3.81. The molecule has 1 heterocycles. The van der Waals surface area contributed by atoms with Crippen molar-refractivity contribution >= 4 is 0 Å². The van der Waals surface area contributed by atoms with Crippen LogP contribution in [0.1, 0.15) is 52.0 Å². The van der Waals surface area contributed by atoms with Gasteiger partial charge in [-0.2, -0.15) is 0 Å². The third-order valence-corrected chi connectivity index (χ3v) is 3.65. The van der Waals surface area contributed by atoms with Gasteiger partial charge in [-0.25, -0.2) is 0 Å². The van der Waals surface area contributed by atoms with Gasteiger partial charge in [-0.05, 0) is 36.8 Å². The molecule has 1 aromatic carbocycles. The van der Waals surface area contributed by atoms with Crippen LogP contribution in [0.5, 0.6) is 0 Å². The zero-order valence-electron chi connectivity index (χ0n) is 11.4. The van der Waals surface area contributed by atoms with Crippen LogP contribution in [0.2, 0.25) is 0 Å². The lowest BCUT2D eigenvalue weighted by atomic mass is 9.72. The first kappa shape index (κ1) is 12.6. The minimum atomic E-state index is 0.206. The van der Waals surface area contributed by atoms with Gasteiger partial charge in [0.25, 0.3) is 0 Å². The molecule has 0 amide bonds. The van der Waals surface area contributed by atoms with Crippen molar-refractivity contribution in [3.63, 3.8) is 0 Å². The molecule has 1 heteroatoms. The van der Waals surface area contributed by atoms with Crippen molar-refractivity contribution in [1.82, 2.24) is 5.32 Å². The molecule has 1 aromatic rings. The largest absolute Gasteiger partial charge is 0.307 e. The Kier molecular flexibility index (Phi) is 3.58. The van der Waals surface area contributed by atoms with Gasteiger partial charge in [0, 0.05) is 5.54 Å². The highest BCUT2D eigenvalue weighted by Crippen LogP contribution is 2.40. The molecular weight excluding hydrogens is 206 g/mol. The van der Waals surface area contributed by atoms with Gasteiger partial charge >= 0.3 is 0 Å². The summed E-state index contributed by atoms with van der Waals surface area (Å²) in [6, 6.07) is 11.0. The van der Waals surface area contributed by atoms with Gasteiger partial charge in [-0.15, -0.1) is 0 Å². The fraction of sp³-hybridized carbons (Fsp3) is 0.625. The highest BCUT2D eigenvalue weighted by atomic mass is 15.0. The second-order valence-corrected chi connectivity index (χ2v) is 6.57. The first-order valence-corrected chi connectivity index (χ1v) is 6.82. The van der Waals surface area contributed by atoms with Crippen molar-refractivity contribution in [2.45, 2.75) is 52.0 Å². The summed E-state index contributed by atoms with van der Waals surface area (Å²) in [7, 11) is 0. The van der Waals surface area contributed by atoms with Crippen LogP contribution in [0.3, 0.4) is 0 Å². The van der Waals surface area contributed by atoms with Crippen LogP contribution >= 0.6 is 0 Å². The van der Waals surface area contributed by atoms with Crippen LogP contribution in [0, 0.1) is 5.41 Å². The van der Waals surface area contributed by atoms with Crippen LogP contribution in [0.25, 0.3) is 0 Å². The third kappa shape index (κ3) is 3.10. The number of benzene rings is 1. The Labute approximate surface area is 106 Å². The average molecular weight is 231 g/mol. The molecule has 0 aliphatic carbocycles. The van der Waals surface area contributed by atoms with Crippen LogP contribution < -0.4 is 5.32 Å². The van der Waals surface area contributed by atoms with Crippen LogP contribution in [0.15, 0.2) is 30.3 Å². The fourth-order valence-corrected chi connectivity index (χ4v) is 3.13. The van der Waals surface area contributed by atoms with E-state index in [-0.39, 0.29) is 5.54 Å². The van der Waals surface area contributed by atoms with Gasteiger partial charge in [0.05, 0.1) is 0 Å². The van der Waals surface area contributed by atoms with Crippen molar-refractivity contribution in [3.8, 4) is 0 Å². The normalized spacial score (nSPS) is 25.8. The molecule has 0 saturated carbocycles. The maximum atomic E-state index is 3.81. The summed E-state index contributed by atoms with van der Waals surface area (Å²) in [5.41, 5.74) is 2.03. The summed E-state index contributed by atoms with van der Waals surface area (Å²) in [6.45, 7) is 8.18. The summed E-state index contributed by atoms with van der Waals surface area (Å²) in [4.78, 5) is 0. The minimum absolute atomic E-state index is 0.206. The van der Waals surface area contributed by atoms with E-state index in [1.165, 1.54) is 31.2 Å². The highest BCUT2D eigenvalue weighted by Gasteiger charge is 2.36. The predicted molar refractivity (Wildman–Crippen MR) is 74.0 cm³/mol. The van der Waals surface area contributed by atoms with Gasteiger partial charge in [-0.3, -0.25) is 0 Å². The van der Waals surface area contributed by atoms with E-state index < -0.39 is 0 Å². The zero-order chi connectivity index (χ0) is 12.4. The van der Waals surface area contributed by atoms with E-state index in [0.717, 1.165) is 6.54 Å². The van der Waals surface area contributed by atoms with Crippen molar-refractivity contribution in [2.75, 3.05) is 6.54 Å². The standard InChI is InChI=1S/C16H25N/c1-15(2,3)13-16(11-7-8-12-17-16)14-9-5-4-6-10-14/h4-6,9-10,17H,7-8,11-13H2,1-3H3. The molecule has 1 aliphatic heterocycles. The van der Waals surface area contributed by atoms with Crippen LogP contribution in [-0.2, 0) is 5.54 Å². The molecule has 17 heavy (non-hydrogen) atoms. The Bertz CT molecular complexity index is 342. The molecule has 1 nitrogen and oxygen atoms in total. The second-order valence-electron chi connectivity index (χ2n) is 6.57. The Balaban J connectivity index is 2.30. The van der Waals surface area contributed by atoms with E-state index in [1.54, 1.807) is 0 Å². The highest BCUT2D eigenvalue weighted by molar-refractivity contribution is 5.25. The molecule has 0 aromatic heterocycles. The summed E-state index contributed by atoms with van der Waals surface area (Å²) in [5, 5.41) is 3.81. The van der Waals surface area contributed by atoms with E-state index in [0.29, 0.717) is 5.41 Å². The zero-order valence-corrected chi connectivity index (χ0v) is 11.4. The number of nitrogens with one attached hydrogen (secondary N) is 1. The smallest absolute Gasteiger partial charge is 0.0439 e. The van der Waals surface area contributed by atoms with Crippen molar-refractivity contribution in [1.29, 1.82) is 0 Å². The van der Waals surface area contributed by atoms with E-state index in [4.69, 9.17) is 0 Å². The lowest BCUT2D eigenvalue weighted by molar-refractivity contribution is 0.169. The number of rotatable bonds is 2. The fourth-order valence-electron chi connectivity index (χ4n) is 3.13. The van der Waals surface area contributed by atoms with Crippen LogP contribution in [-0.4, -0.2) is 6.54 Å². The van der Waals surface area contributed by atoms with Gasteiger partial charge in [0.1, 0.15) is 0 Å².